The molecule has 1 unspecified atom stereocenters. The fourth-order valence-electron chi connectivity index (χ4n) is 3.81. The minimum atomic E-state index is -0.0932. The zero-order valence-electron chi connectivity index (χ0n) is 18.9. The van der Waals surface area contributed by atoms with Crippen LogP contribution >= 0.6 is 0 Å². The molecule has 0 aliphatic carbocycles. The van der Waals surface area contributed by atoms with Crippen LogP contribution in [0.2, 0.25) is 0 Å². The zero-order chi connectivity index (χ0) is 21.8. The summed E-state index contributed by atoms with van der Waals surface area (Å²) in [6.45, 7) is 15.4. The molecule has 0 radical (unpaired) electrons. The third kappa shape index (κ3) is 5.52. The first-order chi connectivity index (χ1) is 13.6. The van der Waals surface area contributed by atoms with E-state index < -0.39 is 0 Å². The Morgan fingerprint density at radius 2 is 1.28 bits per heavy atom. The topological polar surface area (TPSA) is 58.9 Å². The van der Waals surface area contributed by atoms with Crippen molar-refractivity contribution in [3.63, 3.8) is 0 Å². The highest BCUT2D eigenvalue weighted by Gasteiger charge is 2.26. The number of aliphatic hydroxyl groups excluding tert-OH is 2. The van der Waals surface area contributed by atoms with Crippen LogP contribution in [0.25, 0.3) is 0 Å². The molecule has 160 valence electrons. The molecule has 2 aromatic rings. The third-order valence-corrected chi connectivity index (χ3v) is 5.13. The number of aryl methyl sites for hydroxylation is 3. The zero-order valence-corrected chi connectivity index (χ0v) is 18.9. The van der Waals surface area contributed by atoms with E-state index in [1.807, 2.05) is 6.92 Å². The standard InChI is InChI=1S/C25H36O4/c1-16-12-18(3)23(28-10-8-26)20(13-16)19(4)21-14-17(2)15-22(25(5,6)7)24(21)29-11-9-27/h12-15,19,26-27H,8-11H2,1-7H3. The molecule has 0 fully saturated rings. The van der Waals surface area contributed by atoms with E-state index in [4.69, 9.17) is 9.47 Å². The van der Waals surface area contributed by atoms with E-state index in [0.717, 1.165) is 33.8 Å². The lowest BCUT2D eigenvalue weighted by atomic mass is 9.80. The van der Waals surface area contributed by atoms with Gasteiger partial charge in [0.1, 0.15) is 24.7 Å². The molecule has 0 saturated heterocycles. The van der Waals surface area contributed by atoms with Gasteiger partial charge in [-0.3, -0.25) is 0 Å². The van der Waals surface area contributed by atoms with Crippen LogP contribution in [0.15, 0.2) is 24.3 Å². The number of aliphatic hydroxyl groups is 2. The van der Waals surface area contributed by atoms with Gasteiger partial charge in [0.2, 0.25) is 0 Å². The van der Waals surface area contributed by atoms with Crippen LogP contribution in [0.3, 0.4) is 0 Å². The molecule has 0 aliphatic heterocycles. The quantitative estimate of drug-likeness (QED) is 0.668. The number of hydrogen-bond acceptors (Lipinski definition) is 4. The van der Waals surface area contributed by atoms with Gasteiger partial charge in [-0.15, -0.1) is 0 Å². The Hall–Kier alpha value is -2.04. The van der Waals surface area contributed by atoms with Gasteiger partial charge in [-0.25, -0.2) is 0 Å². The molecule has 0 spiro atoms. The maximum absolute atomic E-state index is 9.37. The predicted octanol–water partition coefficient (Wildman–Crippen LogP) is 4.80. The minimum Gasteiger partial charge on any atom is -0.491 e. The molecule has 2 aromatic carbocycles. The third-order valence-electron chi connectivity index (χ3n) is 5.13. The summed E-state index contributed by atoms with van der Waals surface area (Å²) in [5.41, 5.74) is 6.61. The van der Waals surface area contributed by atoms with Gasteiger partial charge in [-0.1, -0.05) is 63.1 Å². The first kappa shape index (κ1) is 23.2. The van der Waals surface area contributed by atoms with Crippen molar-refractivity contribution in [2.75, 3.05) is 26.4 Å². The fraction of sp³-hybridized carbons (Fsp3) is 0.520. The predicted molar refractivity (Wildman–Crippen MR) is 118 cm³/mol. The summed E-state index contributed by atoms with van der Waals surface area (Å²) in [5.74, 6) is 1.69. The summed E-state index contributed by atoms with van der Waals surface area (Å²) in [6, 6.07) is 8.59. The number of benzene rings is 2. The van der Waals surface area contributed by atoms with Gasteiger partial charge in [0, 0.05) is 22.6 Å². The van der Waals surface area contributed by atoms with Gasteiger partial charge >= 0.3 is 0 Å². The summed E-state index contributed by atoms with van der Waals surface area (Å²) < 4.78 is 12.0. The summed E-state index contributed by atoms with van der Waals surface area (Å²) in [4.78, 5) is 0. The van der Waals surface area contributed by atoms with Crippen LogP contribution in [0.1, 0.15) is 67.0 Å². The van der Waals surface area contributed by atoms with Crippen LogP contribution < -0.4 is 9.47 Å². The van der Waals surface area contributed by atoms with Gasteiger partial charge in [0.25, 0.3) is 0 Å². The van der Waals surface area contributed by atoms with Crippen molar-refractivity contribution in [3.05, 3.63) is 57.6 Å². The fourth-order valence-corrected chi connectivity index (χ4v) is 3.81. The Morgan fingerprint density at radius 3 is 1.79 bits per heavy atom. The molecule has 0 amide bonds. The molecular formula is C25H36O4. The van der Waals surface area contributed by atoms with E-state index in [0.29, 0.717) is 0 Å². The Kier molecular flexibility index (Phi) is 7.73. The van der Waals surface area contributed by atoms with Crippen molar-refractivity contribution in [2.45, 2.75) is 59.8 Å². The van der Waals surface area contributed by atoms with E-state index in [-0.39, 0.29) is 37.8 Å². The second-order valence-corrected chi connectivity index (χ2v) is 8.85. The van der Waals surface area contributed by atoms with E-state index >= 15 is 0 Å². The highest BCUT2D eigenvalue weighted by Crippen LogP contribution is 2.43. The molecule has 4 nitrogen and oxygen atoms in total. The maximum atomic E-state index is 9.37. The van der Waals surface area contributed by atoms with Gasteiger partial charge in [-0.05, 0) is 31.7 Å². The molecule has 2 rings (SSSR count). The van der Waals surface area contributed by atoms with Crippen LogP contribution in [-0.2, 0) is 5.41 Å². The summed E-state index contributed by atoms with van der Waals surface area (Å²) in [7, 11) is 0. The van der Waals surface area contributed by atoms with Crippen LogP contribution in [-0.4, -0.2) is 36.6 Å². The maximum Gasteiger partial charge on any atom is 0.126 e. The minimum absolute atomic E-state index is 0.0232. The molecule has 0 aromatic heterocycles. The monoisotopic (exact) mass is 400 g/mol. The van der Waals surface area contributed by atoms with Gasteiger partial charge < -0.3 is 19.7 Å². The van der Waals surface area contributed by atoms with Crippen molar-refractivity contribution in [2.24, 2.45) is 0 Å². The molecule has 0 heterocycles. The smallest absolute Gasteiger partial charge is 0.126 e. The summed E-state index contributed by atoms with van der Waals surface area (Å²) in [6.07, 6.45) is 0. The molecule has 4 heteroatoms. The number of ether oxygens (including phenoxy) is 2. The lowest BCUT2D eigenvalue weighted by Gasteiger charge is -2.28. The Morgan fingerprint density at radius 1 is 0.793 bits per heavy atom. The van der Waals surface area contributed by atoms with E-state index in [9.17, 15) is 10.2 Å². The summed E-state index contributed by atoms with van der Waals surface area (Å²) in [5, 5.41) is 18.6. The van der Waals surface area contributed by atoms with E-state index in [1.165, 1.54) is 11.1 Å². The van der Waals surface area contributed by atoms with Gasteiger partial charge in [-0.2, -0.15) is 0 Å². The molecule has 1 atom stereocenters. The normalized spacial score (nSPS) is 12.7. The molecule has 29 heavy (non-hydrogen) atoms. The number of hydrogen-bond donors (Lipinski definition) is 2. The van der Waals surface area contributed by atoms with Gasteiger partial charge in [0.05, 0.1) is 13.2 Å². The SMILES string of the molecule is Cc1cc(C)c(OCCO)c(C(C)c2cc(C)cc(C(C)(C)C)c2OCCO)c1. The first-order valence-corrected chi connectivity index (χ1v) is 10.3. The Labute approximate surface area is 175 Å². The highest BCUT2D eigenvalue weighted by atomic mass is 16.5. The van der Waals surface area contributed by atoms with E-state index in [1.54, 1.807) is 0 Å². The Bertz CT molecular complexity index is 834. The molecule has 0 aliphatic rings. The molecular weight excluding hydrogens is 364 g/mol. The largest absolute Gasteiger partial charge is 0.491 e. The average molecular weight is 401 g/mol. The van der Waals surface area contributed by atoms with Crippen LogP contribution in [0, 0.1) is 20.8 Å². The van der Waals surface area contributed by atoms with Crippen molar-refractivity contribution in [1.29, 1.82) is 0 Å². The molecule has 0 bridgehead atoms. The second-order valence-electron chi connectivity index (χ2n) is 8.85. The van der Waals surface area contributed by atoms with Crippen LogP contribution in [0.5, 0.6) is 11.5 Å². The second kappa shape index (κ2) is 9.64. The number of rotatable bonds is 8. The van der Waals surface area contributed by atoms with E-state index in [2.05, 4.69) is 65.8 Å². The van der Waals surface area contributed by atoms with Crippen molar-refractivity contribution < 1.29 is 19.7 Å². The lowest BCUT2D eigenvalue weighted by molar-refractivity contribution is 0.196. The van der Waals surface area contributed by atoms with Crippen molar-refractivity contribution in [3.8, 4) is 11.5 Å². The molecule has 2 N–H and O–H groups in total. The molecule has 0 saturated carbocycles. The van der Waals surface area contributed by atoms with Crippen molar-refractivity contribution in [1.82, 2.24) is 0 Å². The van der Waals surface area contributed by atoms with Gasteiger partial charge in [0.15, 0.2) is 0 Å². The van der Waals surface area contributed by atoms with Crippen LogP contribution in [0.4, 0.5) is 0 Å². The Balaban J connectivity index is 2.69. The highest BCUT2D eigenvalue weighted by molar-refractivity contribution is 5.55. The van der Waals surface area contributed by atoms with Crippen molar-refractivity contribution >= 4 is 0 Å². The lowest BCUT2D eigenvalue weighted by Crippen LogP contribution is -2.17. The summed E-state index contributed by atoms with van der Waals surface area (Å²) >= 11 is 0. The average Bonchev–Trinajstić information content (AvgIpc) is 2.63. The first-order valence-electron chi connectivity index (χ1n) is 10.3.